The van der Waals surface area contributed by atoms with Gasteiger partial charge in [0.25, 0.3) is 0 Å². The van der Waals surface area contributed by atoms with Gasteiger partial charge in [-0.3, -0.25) is 0 Å². The number of hydrogen-bond donors (Lipinski definition) is 3. The minimum Gasteiger partial charge on any atom is -0.508 e. The summed E-state index contributed by atoms with van der Waals surface area (Å²) < 4.78 is 0. The van der Waals surface area contributed by atoms with Crippen LogP contribution in [0.1, 0.15) is 11.3 Å². The Bertz CT molecular complexity index is 748. The minimum absolute atomic E-state index is 0.258. The molecule has 0 aliphatic carbocycles. The number of phenolic OH excluding ortho intramolecular Hbond substituents is 1. The molecule has 2 aromatic heterocycles. The summed E-state index contributed by atoms with van der Waals surface area (Å²) >= 11 is 0. The summed E-state index contributed by atoms with van der Waals surface area (Å²) in [6.45, 7) is 3.92. The van der Waals surface area contributed by atoms with Gasteiger partial charge >= 0.3 is 0 Å². The lowest BCUT2D eigenvalue weighted by atomic mass is 10.2. The summed E-state index contributed by atoms with van der Waals surface area (Å²) in [5.41, 5.74) is 3.73. The van der Waals surface area contributed by atoms with Crippen LogP contribution in [0.25, 0.3) is 11.0 Å². The highest BCUT2D eigenvalue weighted by molar-refractivity contribution is 5.89. The van der Waals surface area contributed by atoms with Crippen molar-refractivity contribution in [2.75, 3.05) is 5.32 Å². The SMILES string of the molecule is Cc1cc2c(Nc3ccc(O)cc3C)ncnc2[nH]1. The fourth-order valence-electron chi connectivity index (χ4n) is 2.09. The van der Waals surface area contributed by atoms with Gasteiger partial charge in [-0.15, -0.1) is 0 Å². The number of anilines is 2. The molecule has 3 aromatic rings. The average Bonchev–Trinajstić information content (AvgIpc) is 2.74. The smallest absolute Gasteiger partial charge is 0.143 e. The van der Waals surface area contributed by atoms with Crippen LogP contribution in [-0.4, -0.2) is 20.1 Å². The molecule has 0 saturated carbocycles. The summed E-state index contributed by atoms with van der Waals surface area (Å²) in [7, 11) is 0. The van der Waals surface area contributed by atoms with Crippen molar-refractivity contribution in [2.45, 2.75) is 13.8 Å². The molecule has 5 heteroatoms. The van der Waals surface area contributed by atoms with Crippen LogP contribution in [0.2, 0.25) is 0 Å². The number of hydrogen-bond acceptors (Lipinski definition) is 4. The first-order valence-corrected chi connectivity index (χ1v) is 6.00. The predicted octanol–water partition coefficient (Wildman–Crippen LogP) is 3.02. The number of aromatic amines is 1. The van der Waals surface area contributed by atoms with Gasteiger partial charge in [0.1, 0.15) is 23.5 Å². The molecule has 1 aromatic carbocycles. The maximum atomic E-state index is 9.42. The Morgan fingerprint density at radius 3 is 2.79 bits per heavy atom. The molecule has 5 nitrogen and oxygen atoms in total. The fraction of sp³-hybridized carbons (Fsp3) is 0.143. The molecule has 2 heterocycles. The molecule has 0 amide bonds. The number of nitrogens with one attached hydrogen (secondary N) is 2. The van der Waals surface area contributed by atoms with Crippen molar-refractivity contribution >= 4 is 22.5 Å². The first kappa shape index (κ1) is 11.5. The quantitative estimate of drug-likeness (QED) is 0.614. The normalized spacial score (nSPS) is 10.8. The third-order valence-corrected chi connectivity index (χ3v) is 3.02. The molecule has 0 saturated heterocycles. The van der Waals surface area contributed by atoms with Crippen LogP contribution in [0.3, 0.4) is 0 Å². The van der Waals surface area contributed by atoms with Gasteiger partial charge in [-0.2, -0.15) is 0 Å². The van der Waals surface area contributed by atoms with Crippen LogP contribution < -0.4 is 5.32 Å². The Balaban J connectivity index is 2.05. The van der Waals surface area contributed by atoms with Crippen LogP contribution in [0.5, 0.6) is 5.75 Å². The van der Waals surface area contributed by atoms with E-state index in [9.17, 15) is 5.11 Å². The van der Waals surface area contributed by atoms with Crippen molar-refractivity contribution in [3.63, 3.8) is 0 Å². The van der Waals surface area contributed by atoms with Crippen LogP contribution >= 0.6 is 0 Å². The highest BCUT2D eigenvalue weighted by Gasteiger charge is 2.07. The number of phenols is 1. The van der Waals surface area contributed by atoms with E-state index in [1.807, 2.05) is 26.0 Å². The number of aromatic hydroxyl groups is 1. The second kappa shape index (κ2) is 4.28. The fourth-order valence-corrected chi connectivity index (χ4v) is 2.09. The van der Waals surface area contributed by atoms with Gasteiger partial charge in [-0.25, -0.2) is 9.97 Å². The molecular weight excluding hydrogens is 240 g/mol. The Labute approximate surface area is 110 Å². The number of fused-ring (bicyclic) bond motifs is 1. The van der Waals surface area contributed by atoms with Crippen LogP contribution in [0, 0.1) is 13.8 Å². The largest absolute Gasteiger partial charge is 0.508 e. The number of aromatic nitrogens is 3. The van der Waals surface area contributed by atoms with Crippen molar-refractivity contribution in [3.8, 4) is 5.75 Å². The second-order valence-corrected chi connectivity index (χ2v) is 4.56. The van der Waals surface area contributed by atoms with E-state index in [1.54, 1.807) is 12.1 Å². The Morgan fingerprint density at radius 1 is 1.16 bits per heavy atom. The van der Waals surface area contributed by atoms with E-state index in [2.05, 4.69) is 20.3 Å². The van der Waals surface area contributed by atoms with E-state index in [0.29, 0.717) is 0 Å². The number of H-pyrrole nitrogens is 1. The molecule has 3 rings (SSSR count). The topological polar surface area (TPSA) is 73.8 Å². The second-order valence-electron chi connectivity index (χ2n) is 4.56. The van der Waals surface area contributed by atoms with Crippen molar-refractivity contribution in [1.29, 1.82) is 0 Å². The van der Waals surface area contributed by atoms with Crippen LogP contribution in [-0.2, 0) is 0 Å². The molecule has 0 bridgehead atoms. The Kier molecular flexibility index (Phi) is 2.59. The van der Waals surface area contributed by atoms with Gasteiger partial charge in [0.05, 0.1) is 5.39 Å². The van der Waals surface area contributed by atoms with E-state index in [1.165, 1.54) is 6.33 Å². The van der Waals surface area contributed by atoms with Crippen molar-refractivity contribution < 1.29 is 5.11 Å². The van der Waals surface area contributed by atoms with E-state index >= 15 is 0 Å². The van der Waals surface area contributed by atoms with E-state index in [4.69, 9.17) is 0 Å². The summed E-state index contributed by atoms with van der Waals surface area (Å²) in [6.07, 6.45) is 1.52. The molecule has 0 aliphatic heterocycles. The predicted molar refractivity (Wildman–Crippen MR) is 74.8 cm³/mol. The van der Waals surface area contributed by atoms with Gasteiger partial charge in [-0.1, -0.05) is 0 Å². The molecule has 0 aliphatic rings. The summed E-state index contributed by atoms with van der Waals surface area (Å²) in [6, 6.07) is 7.20. The van der Waals surface area contributed by atoms with Crippen molar-refractivity contribution in [2.24, 2.45) is 0 Å². The number of rotatable bonds is 2. The van der Waals surface area contributed by atoms with E-state index in [-0.39, 0.29) is 5.75 Å². The van der Waals surface area contributed by atoms with Gasteiger partial charge in [0.2, 0.25) is 0 Å². The maximum Gasteiger partial charge on any atom is 0.143 e. The lowest BCUT2D eigenvalue weighted by Gasteiger charge is -2.09. The Morgan fingerprint density at radius 2 is 2.00 bits per heavy atom. The molecular formula is C14H14N4O. The third kappa shape index (κ3) is 2.10. The molecule has 3 N–H and O–H groups in total. The number of benzene rings is 1. The molecule has 96 valence electrons. The summed E-state index contributed by atoms with van der Waals surface area (Å²) in [5.74, 6) is 1.01. The van der Waals surface area contributed by atoms with Gasteiger partial charge < -0.3 is 15.4 Å². The third-order valence-electron chi connectivity index (χ3n) is 3.02. The first-order chi connectivity index (χ1) is 9.13. The van der Waals surface area contributed by atoms with Gasteiger partial charge in [0.15, 0.2) is 0 Å². The molecule has 0 spiro atoms. The molecule has 0 fully saturated rings. The lowest BCUT2D eigenvalue weighted by Crippen LogP contribution is -1.96. The molecule has 0 atom stereocenters. The number of aryl methyl sites for hydroxylation is 2. The van der Waals surface area contributed by atoms with E-state index < -0.39 is 0 Å². The zero-order chi connectivity index (χ0) is 13.4. The zero-order valence-corrected chi connectivity index (χ0v) is 10.7. The molecule has 19 heavy (non-hydrogen) atoms. The maximum absolute atomic E-state index is 9.42. The standard InChI is InChI=1S/C14H14N4O/c1-8-5-10(19)3-4-12(8)18-14-11-6-9(2)17-13(11)15-7-16-14/h3-7,19H,1-2H3,(H2,15,16,17,18). The lowest BCUT2D eigenvalue weighted by molar-refractivity contribution is 0.475. The van der Waals surface area contributed by atoms with Crippen LogP contribution in [0.4, 0.5) is 11.5 Å². The minimum atomic E-state index is 0.258. The average molecular weight is 254 g/mol. The van der Waals surface area contributed by atoms with Crippen LogP contribution in [0.15, 0.2) is 30.6 Å². The molecule has 0 unspecified atom stereocenters. The van der Waals surface area contributed by atoms with Gasteiger partial charge in [-0.05, 0) is 43.7 Å². The molecule has 0 radical (unpaired) electrons. The zero-order valence-electron chi connectivity index (χ0n) is 10.7. The van der Waals surface area contributed by atoms with Crippen molar-refractivity contribution in [1.82, 2.24) is 15.0 Å². The van der Waals surface area contributed by atoms with Gasteiger partial charge in [0, 0.05) is 11.4 Å². The summed E-state index contributed by atoms with van der Waals surface area (Å²) in [5, 5.41) is 13.6. The number of nitrogens with zero attached hydrogens (tertiary/aromatic N) is 2. The summed E-state index contributed by atoms with van der Waals surface area (Å²) in [4.78, 5) is 11.6. The highest BCUT2D eigenvalue weighted by Crippen LogP contribution is 2.27. The van der Waals surface area contributed by atoms with E-state index in [0.717, 1.165) is 33.8 Å². The highest BCUT2D eigenvalue weighted by atomic mass is 16.3. The van der Waals surface area contributed by atoms with Crippen molar-refractivity contribution in [3.05, 3.63) is 41.9 Å². The first-order valence-electron chi connectivity index (χ1n) is 6.00. The Hall–Kier alpha value is -2.56. The monoisotopic (exact) mass is 254 g/mol.